The average molecular weight is 603 g/mol. The number of aryl methyl sites for hydroxylation is 2. The number of benzene rings is 4. The molecule has 0 radical (unpaired) electrons. The molecule has 0 saturated carbocycles. The summed E-state index contributed by atoms with van der Waals surface area (Å²) in [5, 5.41) is 0. The van der Waals surface area contributed by atoms with E-state index in [0.717, 1.165) is 22.3 Å². The maximum absolute atomic E-state index is 14.6. The molecule has 45 heavy (non-hydrogen) atoms. The molecule has 1 saturated heterocycles. The van der Waals surface area contributed by atoms with Crippen LogP contribution in [0.4, 0.5) is 0 Å². The van der Waals surface area contributed by atoms with Crippen LogP contribution < -0.4 is 16.0 Å². The van der Waals surface area contributed by atoms with E-state index >= 15 is 0 Å². The second-order valence-electron chi connectivity index (χ2n) is 11.3. The van der Waals surface area contributed by atoms with Gasteiger partial charge in [-0.25, -0.2) is 4.79 Å². The third-order valence-electron chi connectivity index (χ3n) is 8.25. The molecule has 0 aliphatic carbocycles. The highest BCUT2D eigenvalue weighted by atomic mass is 16.6. The monoisotopic (exact) mass is 602 g/mol. The van der Waals surface area contributed by atoms with Crippen molar-refractivity contribution in [2.45, 2.75) is 44.1 Å². The summed E-state index contributed by atoms with van der Waals surface area (Å²) in [5.74, 6) is 0.160. The standard InChI is InChI=1S/C37H34N2O6/c1-25-18-20-30(21-19-25)44-31-22-33(39-23-26(2)34(40)38-36(39)42)45-32(31)24-43-35(41)37(27-12-6-3-7-13-27,28-14-8-4-9-15-28)29-16-10-5-11-17-29/h3-21,23,31-33H,22,24H2,1-2H3,(H,38,40,42)/t31-,32+,33+/m0/s1. The van der Waals surface area contributed by atoms with Gasteiger partial charge >= 0.3 is 11.7 Å². The number of aromatic amines is 1. The van der Waals surface area contributed by atoms with Gasteiger partial charge in [0.2, 0.25) is 0 Å². The number of ether oxygens (including phenoxy) is 3. The molecule has 2 heterocycles. The Balaban J connectivity index is 1.35. The molecule has 1 aliphatic heterocycles. The average Bonchev–Trinajstić information content (AvgIpc) is 3.46. The molecule has 3 atom stereocenters. The van der Waals surface area contributed by atoms with Gasteiger partial charge in [-0.2, -0.15) is 0 Å². The summed E-state index contributed by atoms with van der Waals surface area (Å²) in [4.78, 5) is 41.7. The molecular formula is C37H34N2O6. The third-order valence-corrected chi connectivity index (χ3v) is 8.25. The molecule has 1 aliphatic rings. The van der Waals surface area contributed by atoms with Crippen molar-refractivity contribution < 1.29 is 19.0 Å². The highest BCUT2D eigenvalue weighted by Crippen LogP contribution is 2.41. The fourth-order valence-corrected chi connectivity index (χ4v) is 5.92. The van der Waals surface area contributed by atoms with E-state index in [1.54, 1.807) is 6.92 Å². The van der Waals surface area contributed by atoms with Crippen LogP contribution in [0.15, 0.2) is 131 Å². The summed E-state index contributed by atoms with van der Waals surface area (Å²) in [7, 11) is 0. The zero-order valence-electron chi connectivity index (χ0n) is 25.1. The number of nitrogens with one attached hydrogen (secondary N) is 1. The van der Waals surface area contributed by atoms with Crippen LogP contribution in [0.5, 0.6) is 5.75 Å². The Hall–Kier alpha value is -5.21. The molecule has 228 valence electrons. The molecule has 1 N–H and O–H groups in total. The summed E-state index contributed by atoms with van der Waals surface area (Å²) in [6.45, 7) is 3.49. The quantitative estimate of drug-likeness (QED) is 0.178. The Morgan fingerprint density at radius 3 is 1.89 bits per heavy atom. The lowest BCUT2D eigenvalue weighted by molar-refractivity contribution is -0.153. The number of rotatable bonds is 9. The van der Waals surface area contributed by atoms with E-state index in [2.05, 4.69) is 4.98 Å². The topological polar surface area (TPSA) is 99.6 Å². The molecule has 4 aromatic carbocycles. The SMILES string of the molecule is Cc1ccc(O[C@H]2C[C@H](n3cc(C)c(=O)[nH]c3=O)O[C@@H]2COC(=O)C(c2ccccc2)(c2ccccc2)c2ccccc2)cc1. The van der Waals surface area contributed by atoms with Crippen molar-refractivity contribution in [3.63, 3.8) is 0 Å². The van der Waals surface area contributed by atoms with Crippen LogP contribution in [-0.4, -0.2) is 34.3 Å². The summed E-state index contributed by atoms with van der Waals surface area (Å²) in [6, 6.07) is 36.4. The van der Waals surface area contributed by atoms with Gasteiger partial charge in [0.15, 0.2) is 0 Å². The van der Waals surface area contributed by atoms with Crippen molar-refractivity contribution in [3.8, 4) is 5.75 Å². The third kappa shape index (κ3) is 5.97. The first-order valence-electron chi connectivity index (χ1n) is 14.9. The number of esters is 1. The van der Waals surface area contributed by atoms with E-state index in [0.29, 0.717) is 17.7 Å². The van der Waals surface area contributed by atoms with Crippen molar-refractivity contribution in [1.82, 2.24) is 9.55 Å². The Labute approximate surface area is 260 Å². The van der Waals surface area contributed by atoms with Crippen LogP contribution in [0, 0.1) is 13.8 Å². The number of hydrogen-bond acceptors (Lipinski definition) is 6. The largest absolute Gasteiger partial charge is 0.487 e. The van der Waals surface area contributed by atoms with E-state index in [-0.39, 0.29) is 6.61 Å². The number of hydrogen-bond donors (Lipinski definition) is 1. The van der Waals surface area contributed by atoms with Gasteiger partial charge in [-0.05, 0) is 42.7 Å². The van der Waals surface area contributed by atoms with Crippen molar-refractivity contribution in [3.05, 3.63) is 170 Å². The predicted molar refractivity (Wildman–Crippen MR) is 170 cm³/mol. The smallest absolute Gasteiger partial charge is 0.330 e. The minimum atomic E-state index is -1.26. The maximum Gasteiger partial charge on any atom is 0.330 e. The molecule has 8 heteroatoms. The Kier molecular flexibility index (Phi) is 8.49. The van der Waals surface area contributed by atoms with E-state index in [9.17, 15) is 14.4 Å². The predicted octanol–water partition coefficient (Wildman–Crippen LogP) is 5.47. The Morgan fingerprint density at radius 2 is 1.36 bits per heavy atom. The van der Waals surface area contributed by atoms with Gasteiger partial charge in [0.25, 0.3) is 5.56 Å². The zero-order chi connectivity index (χ0) is 31.4. The fraction of sp³-hybridized carbons (Fsp3) is 0.216. The molecule has 6 rings (SSSR count). The molecule has 8 nitrogen and oxygen atoms in total. The number of H-pyrrole nitrogens is 1. The van der Waals surface area contributed by atoms with Crippen LogP contribution in [0.1, 0.15) is 40.5 Å². The molecule has 5 aromatic rings. The Morgan fingerprint density at radius 1 is 0.822 bits per heavy atom. The first kappa shape index (κ1) is 29.8. The van der Waals surface area contributed by atoms with Crippen LogP contribution in [0.3, 0.4) is 0 Å². The molecule has 0 amide bonds. The first-order valence-corrected chi connectivity index (χ1v) is 14.9. The maximum atomic E-state index is 14.6. The lowest BCUT2D eigenvalue weighted by Crippen LogP contribution is -2.42. The van der Waals surface area contributed by atoms with Gasteiger partial charge in [-0.15, -0.1) is 0 Å². The summed E-state index contributed by atoms with van der Waals surface area (Å²) in [5.41, 5.74) is 1.46. The minimum absolute atomic E-state index is 0.128. The molecule has 0 bridgehead atoms. The van der Waals surface area contributed by atoms with E-state index < -0.39 is 41.1 Å². The van der Waals surface area contributed by atoms with E-state index in [1.165, 1.54) is 10.8 Å². The number of nitrogens with zero attached hydrogens (tertiary/aromatic N) is 1. The van der Waals surface area contributed by atoms with Gasteiger partial charge in [0.1, 0.15) is 36.2 Å². The second kappa shape index (κ2) is 12.8. The highest BCUT2D eigenvalue weighted by molar-refractivity contribution is 5.92. The number of carbonyl (C=O) groups excluding carboxylic acids is 1. The number of carbonyl (C=O) groups is 1. The van der Waals surface area contributed by atoms with Crippen molar-refractivity contribution in [2.75, 3.05) is 6.61 Å². The molecule has 1 fully saturated rings. The fourth-order valence-electron chi connectivity index (χ4n) is 5.92. The van der Waals surface area contributed by atoms with Gasteiger partial charge in [0, 0.05) is 18.2 Å². The molecular weight excluding hydrogens is 568 g/mol. The normalized spacial score (nSPS) is 18.0. The summed E-state index contributed by atoms with van der Waals surface area (Å²) in [6.07, 6.45) is -0.227. The van der Waals surface area contributed by atoms with Crippen LogP contribution in [0.2, 0.25) is 0 Å². The van der Waals surface area contributed by atoms with Gasteiger partial charge in [-0.3, -0.25) is 19.1 Å². The number of aromatic nitrogens is 2. The highest BCUT2D eigenvalue weighted by Gasteiger charge is 2.47. The van der Waals surface area contributed by atoms with E-state index in [1.807, 2.05) is 122 Å². The van der Waals surface area contributed by atoms with Crippen molar-refractivity contribution in [1.29, 1.82) is 0 Å². The molecule has 0 unspecified atom stereocenters. The van der Waals surface area contributed by atoms with Gasteiger partial charge in [-0.1, -0.05) is 109 Å². The Bertz CT molecular complexity index is 1770. The van der Waals surface area contributed by atoms with Crippen LogP contribution in [0.25, 0.3) is 0 Å². The van der Waals surface area contributed by atoms with Crippen molar-refractivity contribution >= 4 is 5.97 Å². The van der Waals surface area contributed by atoms with Crippen molar-refractivity contribution in [2.24, 2.45) is 0 Å². The van der Waals surface area contributed by atoms with E-state index in [4.69, 9.17) is 14.2 Å². The summed E-state index contributed by atoms with van der Waals surface area (Å²) >= 11 is 0. The van der Waals surface area contributed by atoms with Crippen LogP contribution >= 0.6 is 0 Å². The minimum Gasteiger partial charge on any atom is -0.487 e. The lowest BCUT2D eigenvalue weighted by atomic mass is 9.69. The molecule has 0 spiro atoms. The summed E-state index contributed by atoms with van der Waals surface area (Å²) < 4.78 is 20.3. The second-order valence-corrected chi connectivity index (χ2v) is 11.3. The van der Waals surface area contributed by atoms with Gasteiger partial charge < -0.3 is 14.2 Å². The first-order chi connectivity index (χ1) is 21.9. The van der Waals surface area contributed by atoms with Gasteiger partial charge in [0.05, 0.1) is 0 Å². The molecule has 1 aromatic heterocycles. The lowest BCUT2D eigenvalue weighted by Gasteiger charge is -2.34. The van der Waals surface area contributed by atoms with Crippen LogP contribution in [-0.2, 0) is 19.7 Å². The zero-order valence-corrected chi connectivity index (χ0v) is 25.1.